The van der Waals surface area contributed by atoms with Crippen LogP contribution in [-0.2, 0) is 0 Å². The molecular weight excluding hydrogens is 228 g/mol. The van der Waals surface area contributed by atoms with Crippen molar-refractivity contribution in [3.63, 3.8) is 0 Å². The molecule has 0 aromatic carbocycles. The summed E-state index contributed by atoms with van der Waals surface area (Å²) in [4.78, 5) is 0. The molecule has 0 spiro atoms. The minimum Gasteiger partial charge on any atom is -0.100 e. The van der Waals surface area contributed by atoms with Crippen molar-refractivity contribution in [1.29, 1.82) is 0 Å². The highest BCUT2D eigenvalue weighted by Crippen LogP contribution is 2.61. The van der Waals surface area contributed by atoms with Crippen LogP contribution in [0, 0.1) is 22.7 Å². The molecule has 0 radical (unpaired) electrons. The van der Waals surface area contributed by atoms with Crippen LogP contribution in [0.25, 0.3) is 0 Å². The zero-order valence-corrected chi connectivity index (χ0v) is 13.7. The lowest BCUT2D eigenvalue weighted by molar-refractivity contribution is -0.0466. The highest BCUT2D eigenvalue weighted by Gasteiger charge is 2.52. The van der Waals surface area contributed by atoms with E-state index in [0.29, 0.717) is 10.8 Å². The smallest absolute Gasteiger partial charge is 0.00854 e. The van der Waals surface area contributed by atoms with Gasteiger partial charge in [0.15, 0.2) is 0 Å². The van der Waals surface area contributed by atoms with Crippen LogP contribution in [0.4, 0.5) is 0 Å². The van der Waals surface area contributed by atoms with Crippen molar-refractivity contribution >= 4 is 0 Å². The summed E-state index contributed by atoms with van der Waals surface area (Å²) in [5, 5.41) is 0. The van der Waals surface area contributed by atoms with Crippen molar-refractivity contribution in [2.45, 2.75) is 73.1 Å². The lowest BCUT2D eigenvalue weighted by Gasteiger charge is -2.58. The summed E-state index contributed by atoms with van der Waals surface area (Å²) in [5.41, 5.74) is 3.98. The second kappa shape index (κ2) is 5.11. The standard InChI is InChI=1S/C19H32/c1-14(2)10-12-18(5)16(4)11-13-19(6)15(3)8-7-9-17(18)19/h8,16-17H,1,7,9-13H2,2-6H3. The average Bonchev–Trinajstić information content (AvgIpc) is 2.35. The van der Waals surface area contributed by atoms with Gasteiger partial charge in [0.25, 0.3) is 0 Å². The van der Waals surface area contributed by atoms with Gasteiger partial charge in [0.2, 0.25) is 0 Å². The van der Waals surface area contributed by atoms with Crippen LogP contribution in [0.3, 0.4) is 0 Å². The van der Waals surface area contributed by atoms with Gasteiger partial charge in [0.05, 0.1) is 0 Å². The van der Waals surface area contributed by atoms with Crippen molar-refractivity contribution < 1.29 is 0 Å². The third-order valence-electron chi connectivity index (χ3n) is 6.68. The van der Waals surface area contributed by atoms with Gasteiger partial charge in [-0.2, -0.15) is 0 Å². The van der Waals surface area contributed by atoms with Crippen LogP contribution in [0.1, 0.15) is 73.1 Å². The first kappa shape index (κ1) is 14.9. The maximum atomic E-state index is 4.12. The van der Waals surface area contributed by atoms with Crippen LogP contribution in [0.2, 0.25) is 0 Å². The first-order chi connectivity index (χ1) is 8.80. The Hall–Kier alpha value is -0.520. The van der Waals surface area contributed by atoms with Crippen molar-refractivity contribution in [3.8, 4) is 0 Å². The molecule has 19 heavy (non-hydrogen) atoms. The Morgan fingerprint density at radius 1 is 1.37 bits per heavy atom. The zero-order chi connectivity index (χ0) is 14.3. The van der Waals surface area contributed by atoms with Gasteiger partial charge < -0.3 is 0 Å². The van der Waals surface area contributed by atoms with Crippen LogP contribution in [0.5, 0.6) is 0 Å². The SMILES string of the molecule is C=C(C)CCC1(C)C(C)CCC2(C)C(C)=CCCC21. The number of rotatable bonds is 3. The molecule has 0 heteroatoms. The Bertz CT molecular complexity index is 389. The summed E-state index contributed by atoms with van der Waals surface area (Å²) in [5.74, 6) is 1.73. The minimum atomic E-state index is 0.467. The van der Waals surface area contributed by atoms with E-state index in [-0.39, 0.29) is 0 Å². The average molecular weight is 260 g/mol. The Morgan fingerprint density at radius 3 is 2.68 bits per heavy atom. The molecule has 1 saturated carbocycles. The van der Waals surface area contributed by atoms with Gasteiger partial charge >= 0.3 is 0 Å². The molecule has 0 heterocycles. The van der Waals surface area contributed by atoms with Crippen molar-refractivity contribution in [1.82, 2.24) is 0 Å². The van der Waals surface area contributed by atoms with E-state index in [2.05, 4.69) is 47.3 Å². The van der Waals surface area contributed by atoms with Gasteiger partial charge in [-0.1, -0.05) is 38.0 Å². The van der Waals surface area contributed by atoms with Crippen LogP contribution in [-0.4, -0.2) is 0 Å². The predicted octanol–water partition coefficient (Wildman–Crippen LogP) is 6.14. The quantitative estimate of drug-likeness (QED) is 0.534. The first-order valence-corrected chi connectivity index (χ1v) is 8.12. The molecule has 0 N–H and O–H groups in total. The fourth-order valence-corrected chi connectivity index (χ4v) is 4.81. The van der Waals surface area contributed by atoms with Crippen molar-refractivity contribution in [3.05, 3.63) is 23.8 Å². The minimum absolute atomic E-state index is 0.467. The zero-order valence-electron chi connectivity index (χ0n) is 13.7. The summed E-state index contributed by atoms with van der Waals surface area (Å²) < 4.78 is 0. The molecule has 0 saturated heterocycles. The maximum absolute atomic E-state index is 4.12. The van der Waals surface area contributed by atoms with E-state index in [9.17, 15) is 0 Å². The van der Waals surface area contributed by atoms with E-state index in [1.165, 1.54) is 44.1 Å². The Labute approximate surface area is 120 Å². The van der Waals surface area contributed by atoms with E-state index < -0.39 is 0 Å². The molecule has 1 fully saturated rings. The Morgan fingerprint density at radius 2 is 2.05 bits per heavy atom. The summed E-state index contributed by atoms with van der Waals surface area (Å²) in [6.07, 6.45) is 10.5. The topological polar surface area (TPSA) is 0 Å². The number of hydrogen-bond acceptors (Lipinski definition) is 0. The number of fused-ring (bicyclic) bond motifs is 1. The fraction of sp³-hybridized carbons (Fsp3) is 0.789. The molecule has 4 unspecified atom stereocenters. The third-order valence-corrected chi connectivity index (χ3v) is 6.68. The highest BCUT2D eigenvalue weighted by atomic mass is 14.6. The van der Waals surface area contributed by atoms with Gasteiger partial charge in [0.1, 0.15) is 0 Å². The van der Waals surface area contributed by atoms with E-state index in [4.69, 9.17) is 0 Å². The lowest BCUT2D eigenvalue weighted by Crippen LogP contribution is -2.49. The lowest BCUT2D eigenvalue weighted by atomic mass is 9.47. The molecule has 2 aliphatic rings. The second-order valence-electron chi connectivity index (χ2n) is 7.84. The van der Waals surface area contributed by atoms with Gasteiger partial charge in [-0.3, -0.25) is 0 Å². The summed E-state index contributed by atoms with van der Waals surface area (Å²) >= 11 is 0. The first-order valence-electron chi connectivity index (χ1n) is 8.12. The second-order valence-corrected chi connectivity index (χ2v) is 7.84. The monoisotopic (exact) mass is 260 g/mol. The molecule has 0 aromatic rings. The number of allylic oxidation sites excluding steroid dienone is 3. The maximum Gasteiger partial charge on any atom is -0.00854 e. The van der Waals surface area contributed by atoms with Crippen molar-refractivity contribution in [2.75, 3.05) is 0 Å². The summed E-state index contributed by atoms with van der Waals surface area (Å²) in [7, 11) is 0. The molecular formula is C19H32. The van der Waals surface area contributed by atoms with E-state index in [0.717, 1.165) is 11.8 Å². The molecule has 2 rings (SSSR count). The Kier molecular flexibility index (Phi) is 4.00. The summed E-state index contributed by atoms with van der Waals surface area (Å²) in [6.45, 7) is 16.3. The molecule has 0 amide bonds. The largest absolute Gasteiger partial charge is 0.100 e. The molecule has 2 aliphatic carbocycles. The van der Waals surface area contributed by atoms with Gasteiger partial charge in [-0.25, -0.2) is 0 Å². The highest BCUT2D eigenvalue weighted by molar-refractivity contribution is 5.20. The van der Waals surface area contributed by atoms with E-state index in [1.807, 2.05) is 0 Å². The molecule has 0 bridgehead atoms. The van der Waals surface area contributed by atoms with Gasteiger partial charge in [0, 0.05) is 0 Å². The van der Waals surface area contributed by atoms with Crippen LogP contribution in [0.15, 0.2) is 23.8 Å². The Balaban J connectivity index is 2.30. The van der Waals surface area contributed by atoms with E-state index in [1.54, 1.807) is 5.57 Å². The molecule has 0 aliphatic heterocycles. The summed E-state index contributed by atoms with van der Waals surface area (Å²) in [6, 6.07) is 0. The van der Waals surface area contributed by atoms with Crippen LogP contribution >= 0.6 is 0 Å². The molecule has 4 atom stereocenters. The molecule has 0 aromatic heterocycles. The van der Waals surface area contributed by atoms with Gasteiger partial charge in [-0.15, -0.1) is 6.58 Å². The predicted molar refractivity (Wildman–Crippen MR) is 85.1 cm³/mol. The molecule has 0 nitrogen and oxygen atoms in total. The number of hydrogen-bond donors (Lipinski definition) is 0. The fourth-order valence-electron chi connectivity index (χ4n) is 4.81. The molecule has 108 valence electrons. The van der Waals surface area contributed by atoms with Crippen LogP contribution < -0.4 is 0 Å². The normalized spacial score (nSPS) is 42.5. The van der Waals surface area contributed by atoms with Gasteiger partial charge in [-0.05, 0) is 75.0 Å². The van der Waals surface area contributed by atoms with Crippen molar-refractivity contribution in [2.24, 2.45) is 22.7 Å². The van der Waals surface area contributed by atoms with E-state index >= 15 is 0 Å². The third kappa shape index (κ3) is 2.43.